The van der Waals surface area contributed by atoms with Crippen molar-refractivity contribution in [2.75, 3.05) is 19.0 Å². The first kappa shape index (κ1) is 15.5. The van der Waals surface area contributed by atoms with Crippen molar-refractivity contribution >= 4 is 38.5 Å². The second-order valence-corrected chi connectivity index (χ2v) is 7.09. The molecule has 1 aliphatic rings. The number of carbonyl (C=O) groups excluding carboxylic acids is 1. The Kier molecular flexibility index (Phi) is 4.75. The molecule has 2 aromatic rings. The zero-order chi connectivity index (χ0) is 15.5. The summed E-state index contributed by atoms with van der Waals surface area (Å²) in [5, 5.41) is 3.26. The maximum Gasteiger partial charge on any atom is 0.413 e. The summed E-state index contributed by atoms with van der Waals surface area (Å²) in [5.41, 5.74) is 2.38. The number of hydrogen-bond acceptors (Lipinski definition) is 5. The fourth-order valence-electron chi connectivity index (χ4n) is 2.42. The Labute approximate surface area is 141 Å². The number of ether oxygens (including phenoxy) is 1. The van der Waals surface area contributed by atoms with Crippen molar-refractivity contribution in [2.24, 2.45) is 0 Å². The van der Waals surface area contributed by atoms with Gasteiger partial charge in [0.25, 0.3) is 0 Å². The van der Waals surface area contributed by atoms with Gasteiger partial charge in [-0.1, -0.05) is 39.4 Å². The van der Waals surface area contributed by atoms with Crippen molar-refractivity contribution in [3.8, 4) is 0 Å². The van der Waals surface area contributed by atoms with Crippen molar-refractivity contribution in [1.82, 2.24) is 9.88 Å². The number of halogens is 1. The molecule has 0 saturated carbocycles. The Balaban J connectivity index is 1.65. The van der Waals surface area contributed by atoms with Gasteiger partial charge in [0.05, 0.1) is 12.8 Å². The quantitative estimate of drug-likeness (QED) is 0.881. The molecule has 0 fully saturated rings. The van der Waals surface area contributed by atoms with Crippen LogP contribution >= 0.6 is 27.3 Å². The highest BCUT2D eigenvalue weighted by Crippen LogP contribution is 2.29. The minimum absolute atomic E-state index is 0.474. The maximum absolute atomic E-state index is 11.2. The van der Waals surface area contributed by atoms with Crippen LogP contribution in [-0.4, -0.2) is 29.6 Å². The number of methoxy groups -OCH3 is 1. The largest absolute Gasteiger partial charge is 0.453 e. The van der Waals surface area contributed by atoms with Crippen LogP contribution in [0.5, 0.6) is 0 Å². The summed E-state index contributed by atoms with van der Waals surface area (Å²) in [6, 6.07) is 8.40. The number of anilines is 1. The van der Waals surface area contributed by atoms with Crippen molar-refractivity contribution in [2.45, 2.75) is 19.5 Å². The molecule has 1 aromatic heterocycles. The van der Waals surface area contributed by atoms with Gasteiger partial charge in [-0.15, -0.1) is 0 Å². The van der Waals surface area contributed by atoms with E-state index >= 15 is 0 Å². The third-order valence-corrected chi connectivity index (χ3v) is 5.05. The monoisotopic (exact) mass is 381 g/mol. The highest BCUT2D eigenvalue weighted by Gasteiger charge is 2.21. The molecular formula is C15H16BrN3O2S. The third kappa shape index (κ3) is 3.66. The van der Waals surface area contributed by atoms with Gasteiger partial charge in [-0.25, -0.2) is 9.78 Å². The van der Waals surface area contributed by atoms with Crippen molar-refractivity contribution in [3.63, 3.8) is 0 Å². The molecule has 1 N–H and O–H groups in total. The van der Waals surface area contributed by atoms with Gasteiger partial charge < -0.3 is 4.74 Å². The van der Waals surface area contributed by atoms with E-state index in [-0.39, 0.29) is 0 Å². The topological polar surface area (TPSA) is 54.5 Å². The van der Waals surface area contributed by atoms with Gasteiger partial charge in [-0.3, -0.25) is 10.2 Å². The molecule has 2 heterocycles. The summed E-state index contributed by atoms with van der Waals surface area (Å²) >= 11 is 4.98. The lowest BCUT2D eigenvalue weighted by Crippen LogP contribution is -2.29. The van der Waals surface area contributed by atoms with E-state index in [1.807, 2.05) is 0 Å². The summed E-state index contributed by atoms with van der Waals surface area (Å²) < 4.78 is 5.69. The van der Waals surface area contributed by atoms with Crippen LogP contribution in [0, 0.1) is 0 Å². The van der Waals surface area contributed by atoms with Crippen LogP contribution in [0.25, 0.3) is 0 Å². The van der Waals surface area contributed by atoms with E-state index in [4.69, 9.17) is 0 Å². The van der Waals surface area contributed by atoms with Crippen molar-refractivity contribution < 1.29 is 9.53 Å². The molecular weight excluding hydrogens is 366 g/mol. The third-order valence-electron chi connectivity index (χ3n) is 3.52. The number of benzene rings is 1. The first-order valence-electron chi connectivity index (χ1n) is 6.94. The van der Waals surface area contributed by atoms with Gasteiger partial charge in [-0.05, 0) is 17.7 Å². The number of rotatable bonds is 3. The molecule has 0 atom stereocenters. The zero-order valence-electron chi connectivity index (χ0n) is 12.1. The Morgan fingerprint density at radius 1 is 1.45 bits per heavy atom. The first-order chi connectivity index (χ1) is 10.6. The molecule has 0 unspecified atom stereocenters. The van der Waals surface area contributed by atoms with Crippen LogP contribution in [-0.2, 0) is 24.2 Å². The van der Waals surface area contributed by atoms with E-state index in [1.165, 1.54) is 28.9 Å². The Morgan fingerprint density at radius 2 is 2.23 bits per heavy atom. The number of fused-ring (bicyclic) bond motifs is 1. The van der Waals surface area contributed by atoms with Crippen LogP contribution < -0.4 is 5.32 Å². The van der Waals surface area contributed by atoms with Gasteiger partial charge in [-0.2, -0.15) is 0 Å². The Hall–Kier alpha value is -1.44. The van der Waals surface area contributed by atoms with Gasteiger partial charge in [0.1, 0.15) is 0 Å². The Morgan fingerprint density at radius 3 is 2.95 bits per heavy atom. The molecule has 0 aliphatic carbocycles. The molecule has 0 saturated heterocycles. The normalized spacial score (nSPS) is 14.5. The highest BCUT2D eigenvalue weighted by molar-refractivity contribution is 9.10. The second-order valence-electron chi connectivity index (χ2n) is 5.09. The van der Waals surface area contributed by atoms with Crippen molar-refractivity contribution in [3.05, 3.63) is 44.9 Å². The van der Waals surface area contributed by atoms with Gasteiger partial charge in [0.15, 0.2) is 5.13 Å². The average Bonchev–Trinajstić information content (AvgIpc) is 2.91. The molecule has 7 heteroatoms. The standard InChI is InChI=1S/C15H16BrN3O2S/c1-21-15(20)18-14-17-12-6-7-19(9-13(12)22-14)8-10-2-4-11(16)5-3-10/h2-5H,6-9H2,1H3,(H,17,18,20). The number of nitrogens with one attached hydrogen (secondary N) is 1. The van der Waals surface area contributed by atoms with Gasteiger partial charge in [0.2, 0.25) is 0 Å². The van der Waals surface area contributed by atoms with Gasteiger partial charge >= 0.3 is 6.09 Å². The SMILES string of the molecule is COC(=O)Nc1nc2c(s1)CN(Cc1ccc(Br)cc1)CC2. The molecule has 22 heavy (non-hydrogen) atoms. The Bertz CT molecular complexity index is 672. The smallest absolute Gasteiger partial charge is 0.413 e. The zero-order valence-corrected chi connectivity index (χ0v) is 14.5. The summed E-state index contributed by atoms with van der Waals surface area (Å²) in [5.74, 6) is 0. The lowest BCUT2D eigenvalue weighted by atomic mass is 10.1. The van der Waals surface area contributed by atoms with E-state index < -0.39 is 6.09 Å². The predicted molar refractivity (Wildman–Crippen MR) is 90.1 cm³/mol. The molecule has 3 rings (SSSR count). The number of amides is 1. The number of carbonyl (C=O) groups is 1. The molecule has 1 amide bonds. The van der Waals surface area contributed by atoms with Crippen LogP contribution in [0.4, 0.5) is 9.93 Å². The van der Waals surface area contributed by atoms with Crippen molar-refractivity contribution in [1.29, 1.82) is 0 Å². The summed E-state index contributed by atoms with van der Waals surface area (Å²) in [4.78, 5) is 19.3. The van der Waals surface area contributed by atoms with E-state index in [1.54, 1.807) is 0 Å². The van der Waals surface area contributed by atoms with Crippen LogP contribution in [0.1, 0.15) is 16.1 Å². The predicted octanol–water partition coefficient (Wildman–Crippen LogP) is 3.64. The van der Waals surface area contributed by atoms with Crippen LogP contribution in [0.3, 0.4) is 0 Å². The molecule has 1 aliphatic heterocycles. The lowest BCUT2D eigenvalue weighted by molar-refractivity contribution is 0.187. The summed E-state index contributed by atoms with van der Waals surface area (Å²) in [6.07, 6.45) is 0.434. The average molecular weight is 382 g/mol. The first-order valence-corrected chi connectivity index (χ1v) is 8.55. The second kappa shape index (κ2) is 6.76. The number of thiazole rings is 1. The maximum atomic E-state index is 11.2. The summed E-state index contributed by atoms with van der Waals surface area (Å²) in [7, 11) is 1.35. The van der Waals surface area contributed by atoms with E-state index in [2.05, 4.69) is 60.1 Å². The van der Waals surface area contributed by atoms with Gasteiger partial charge in [0, 0.05) is 35.4 Å². The lowest BCUT2D eigenvalue weighted by Gasteiger charge is -2.25. The number of nitrogens with zero attached hydrogens (tertiary/aromatic N) is 2. The van der Waals surface area contributed by atoms with Crippen LogP contribution in [0.2, 0.25) is 0 Å². The minimum atomic E-state index is -0.474. The van der Waals surface area contributed by atoms with E-state index in [0.717, 1.165) is 36.2 Å². The number of aromatic nitrogens is 1. The molecule has 5 nitrogen and oxygen atoms in total. The molecule has 0 spiro atoms. The number of hydrogen-bond donors (Lipinski definition) is 1. The molecule has 1 aromatic carbocycles. The molecule has 0 bridgehead atoms. The summed E-state index contributed by atoms with van der Waals surface area (Å²) in [6.45, 7) is 2.76. The van der Waals surface area contributed by atoms with E-state index in [0.29, 0.717) is 5.13 Å². The molecule has 116 valence electrons. The van der Waals surface area contributed by atoms with Crippen LogP contribution in [0.15, 0.2) is 28.7 Å². The van der Waals surface area contributed by atoms with E-state index in [9.17, 15) is 4.79 Å². The molecule has 0 radical (unpaired) electrons. The fourth-order valence-corrected chi connectivity index (χ4v) is 3.72. The highest BCUT2D eigenvalue weighted by atomic mass is 79.9. The fraction of sp³-hybridized carbons (Fsp3) is 0.333. The minimum Gasteiger partial charge on any atom is -0.453 e.